The van der Waals surface area contributed by atoms with Gasteiger partial charge in [-0.15, -0.1) is 6.42 Å². The Labute approximate surface area is 260 Å². The van der Waals surface area contributed by atoms with Gasteiger partial charge in [-0.3, -0.25) is 4.90 Å². The van der Waals surface area contributed by atoms with Crippen LogP contribution in [-0.4, -0.2) is 97.7 Å². The van der Waals surface area contributed by atoms with Gasteiger partial charge in [-0.2, -0.15) is 9.97 Å². The van der Waals surface area contributed by atoms with Crippen LogP contribution in [0.5, 0.6) is 17.6 Å². The van der Waals surface area contributed by atoms with Crippen LogP contribution >= 0.6 is 0 Å². The molecule has 12 heteroatoms. The number of morpholine rings is 1. The number of aromatic hydroxyl groups is 1. The predicted octanol–water partition coefficient (Wildman–Crippen LogP) is 3.71. The third-order valence-electron chi connectivity index (χ3n) is 9.19. The lowest BCUT2D eigenvalue weighted by Crippen LogP contribution is -2.44. The zero-order chi connectivity index (χ0) is 31.1. The maximum absolute atomic E-state index is 16.9. The Hall–Kier alpha value is -4.05. The maximum Gasteiger partial charge on any atom is 0.319 e. The van der Waals surface area contributed by atoms with Gasteiger partial charge in [0.25, 0.3) is 0 Å². The van der Waals surface area contributed by atoms with Crippen molar-refractivity contribution >= 4 is 22.3 Å². The largest absolute Gasteiger partial charge is 0.508 e. The minimum absolute atomic E-state index is 0.00678. The number of nitrogens with zero attached hydrogens (tertiary/aromatic N) is 5. The number of aryl methyl sites for hydroxylation is 1. The van der Waals surface area contributed by atoms with E-state index in [4.69, 9.17) is 25.6 Å². The van der Waals surface area contributed by atoms with Gasteiger partial charge >= 0.3 is 6.01 Å². The molecule has 0 spiro atoms. The fourth-order valence-electron chi connectivity index (χ4n) is 6.60. The standard InChI is InChI=1S/C33H36F2N6O4/c1-3-22-24(34)5-4-20-16-21(42)17-23(25(20)22)28-27(35)29-26(31(37-28)43-2)30(41-10-8-36-9-11-41)39-32(38-29)45-19-33(6-7-33)18-40-12-14-44-15-13-40/h1,16-17,36,42H,4-15,18-19H2,2H3. The Kier molecular flexibility index (Phi) is 7.93. The van der Waals surface area contributed by atoms with Crippen molar-refractivity contribution in [1.29, 1.82) is 0 Å². The number of hydrogen-bond acceptors (Lipinski definition) is 10. The molecule has 0 radical (unpaired) electrons. The quantitative estimate of drug-likeness (QED) is 0.363. The molecule has 2 N–H and O–H groups in total. The average Bonchev–Trinajstić information content (AvgIpc) is 3.83. The SMILES string of the molecule is C#CC1=C(F)CCc2cc(O)cc(-c3nc(OC)c4c(N5CCNCC5)nc(OCC5(CN6CCOCC6)CC5)nc4c3F)c21. The number of methoxy groups -OCH3 is 1. The second-order valence-electron chi connectivity index (χ2n) is 12.2. The number of rotatable bonds is 8. The van der Waals surface area contributed by atoms with Crippen LogP contribution in [0.1, 0.15) is 30.4 Å². The van der Waals surface area contributed by atoms with E-state index in [2.05, 4.69) is 26.1 Å². The van der Waals surface area contributed by atoms with Crippen molar-refractivity contribution < 1.29 is 28.1 Å². The fraction of sp³-hybridized carbons (Fsp3) is 0.485. The summed E-state index contributed by atoms with van der Waals surface area (Å²) in [6.45, 7) is 7.25. The highest BCUT2D eigenvalue weighted by Crippen LogP contribution is 2.47. The molecule has 2 aromatic heterocycles. The molecule has 4 aliphatic rings. The predicted molar refractivity (Wildman–Crippen MR) is 166 cm³/mol. The number of terminal acetylenes is 1. The van der Waals surface area contributed by atoms with Crippen LogP contribution in [0.2, 0.25) is 0 Å². The number of piperazine rings is 1. The highest BCUT2D eigenvalue weighted by molar-refractivity contribution is 5.99. The van der Waals surface area contributed by atoms with E-state index in [1.165, 1.54) is 19.2 Å². The van der Waals surface area contributed by atoms with Crippen LogP contribution in [0.3, 0.4) is 0 Å². The second kappa shape index (κ2) is 12.0. The van der Waals surface area contributed by atoms with E-state index < -0.39 is 11.6 Å². The van der Waals surface area contributed by atoms with Gasteiger partial charge in [0, 0.05) is 68.8 Å². The monoisotopic (exact) mass is 618 g/mol. The van der Waals surface area contributed by atoms with Crippen molar-refractivity contribution in [3.05, 3.63) is 34.9 Å². The van der Waals surface area contributed by atoms with Crippen molar-refractivity contribution in [2.24, 2.45) is 5.41 Å². The third-order valence-corrected chi connectivity index (χ3v) is 9.19. The Bertz CT molecular complexity index is 1710. The maximum atomic E-state index is 16.9. The summed E-state index contributed by atoms with van der Waals surface area (Å²) in [4.78, 5) is 18.4. The molecule has 0 atom stereocenters. The molecule has 7 rings (SSSR count). The van der Waals surface area contributed by atoms with Crippen LogP contribution in [0.4, 0.5) is 14.6 Å². The van der Waals surface area contributed by atoms with Crippen molar-refractivity contribution in [3.8, 4) is 41.2 Å². The number of benzene rings is 1. The molecule has 10 nitrogen and oxygen atoms in total. The van der Waals surface area contributed by atoms with Gasteiger partial charge in [0.05, 0.1) is 32.5 Å². The van der Waals surface area contributed by atoms with E-state index in [0.717, 1.165) is 58.8 Å². The van der Waals surface area contributed by atoms with Crippen LogP contribution in [0.25, 0.3) is 27.7 Å². The minimum atomic E-state index is -0.765. The summed E-state index contributed by atoms with van der Waals surface area (Å²) in [5, 5.41) is 14.2. The van der Waals surface area contributed by atoms with Crippen molar-refractivity contribution in [2.75, 3.05) is 77.6 Å². The normalized spacial score (nSPS) is 19.7. The smallest absolute Gasteiger partial charge is 0.319 e. The Morgan fingerprint density at radius 2 is 1.87 bits per heavy atom. The Balaban J connectivity index is 1.35. The number of ether oxygens (including phenoxy) is 3. The fourth-order valence-corrected chi connectivity index (χ4v) is 6.60. The minimum Gasteiger partial charge on any atom is -0.508 e. The van der Waals surface area contributed by atoms with Crippen molar-refractivity contribution in [2.45, 2.75) is 25.7 Å². The molecule has 1 aromatic carbocycles. The summed E-state index contributed by atoms with van der Waals surface area (Å²) < 4.78 is 49.3. The number of allylic oxidation sites excluding steroid dienone is 2. The first-order chi connectivity index (χ1) is 21.9. The first kappa shape index (κ1) is 29.6. The third kappa shape index (κ3) is 5.65. The van der Waals surface area contributed by atoms with Crippen LogP contribution in [0, 0.1) is 23.6 Å². The molecule has 0 amide bonds. The van der Waals surface area contributed by atoms with Gasteiger partial charge in [-0.05, 0) is 37.0 Å². The number of fused-ring (bicyclic) bond motifs is 2. The van der Waals surface area contributed by atoms with Gasteiger partial charge in [-0.25, -0.2) is 13.8 Å². The van der Waals surface area contributed by atoms with E-state index in [1.807, 2.05) is 4.90 Å². The number of halogens is 2. The first-order valence-corrected chi connectivity index (χ1v) is 15.5. The second-order valence-corrected chi connectivity index (χ2v) is 12.2. The molecule has 3 aromatic rings. The van der Waals surface area contributed by atoms with E-state index in [0.29, 0.717) is 48.4 Å². The molecule has 4 heterocycles. The lowest BCUT2D eigenvalue weighted by atomic mass is 9.85. The molecule has 1 saturated carbocycles. The highest BCUT2D eigenvalue weighted by atomic mass is 19.1. The summed E-state index contributed by atoms with van der Waals surface area (Å²) in [6.07, 6.45) is 8.19. The number of hydrogen-bond donors (Lipinski definition) is 2. The van der Waals surface area contributed by atoms with Crippen LogP contribution in [-0.2, 0) is 11.2 Å². The van der Waals surface area contributed by atoms with Gasteiger partial charge in [-0.1, -0.05) is 5.92 Å². The van der Waals surface area contributed by atoms with Gasteiger partial charge in [0.15, 0.2) is 5.82 Å². The van der Waals surface area contributed by atoms with E-state index in [9.17, 15) is 9.50 Å². The number of nitrogens with one attached hydrogen (secondary N) is 1. The highest BCUT2D eigenvalue weighted by Gasteiger charge is 2.45. The Morgan fingerprint density at radius 3 is 2.58 bits per heavy atom. The topological polar surface area (TPSA) is 105 Å². The number of phenolic OH excluding ortho intramolecular Hbond substituents is 1. The molecule has 45 heavy (non-hydrogen) atoms. The zero-order valence-electron chi connectivity index (χ0n) is 25.3. The molecular formula is C33H36F2N6O4. The van der Waals surface area contributed by atoms with Crippen LogP contribution in [0.15, 0.2) is 18.0 Å². The molecule has 2 aliphatic carbocycles. The van der Waals surface area contributed by atoms with Crippen molar-refractivity contribution in [3.63, 3.8) is 0 Å². The number of anilines is 1. The average molecular weight is 619 g/mol. The Morgan fingerprint density at radius 1 is 1.09 bits per heavy atom. The lowest BCUT2D eigenvalue weighted by Gasteiger charge is -2.31. The van der Waals surface area contributed by atoms with Gasteiger partial charge in [0.2, 0.25) is 5.88 Å². The van der Waals surface area contributed by atoms with Gasteiger partial charge in [0.1, 0.15) is 34.0 Å². The van der Waals surface area contributed by atoms with Crippen molar-refractivity contribution in [1.82, 2.24) is 25.2 Å². The van der Waals surface area contributed by atoms with Gasteiger partial charge < -0.3 is 29.5 Å². The lowest BCUT2D eigenvalue weighted by molar-refractivity contribution is 0.0231. The molecule has 2 aliphatic heterocycles. The van der Waals surface area contributed by atoms with Crippen LogP contribution < -0.4 is 19.7 Å². The summed E-state index contributed by atoms with van der Waals surface area (Å²) in [6, 6.07) is 2.94. The zero-order valence-corrected chi connectivity index (χ0v) is 25.3. The number of pyridine rings is 1. The summed E-state index contributed by atoms with van der Waals surface area (Å²) in [7, 11) is 1.45. The van der Waals surface area contributed by atoms with E-state index >= 15 is 4.39 Å². The number of aromatic nitrogens is 3. The first-order valence-electron chi connectivity index (χ1n) is 15.5. The van der Waals surface area contributed by atoms with E-state index in [-0.39, 0.29) is 51.8 Å². The molecular weight excluding hydrogens is 582 g/mol. The summed E-state index contributed by atoms with van der Waals surface area (Å²) in [5.41, 5.74) is 0.936. The molecule has 0 bridgehead atoms. The molecule has 3 fully saturated rings. The summed E-state index contributed by atoms with van der Waals surface area (Å²) in [5.74, 6) is 1.67. The van der Waals surface area contributed by atoms with E-state index in [1.54, 1.807) is 0 Å². The molecule has 2 saturated heterocycles. The molecule has 236 valence electrons. The molecule has 0 unspecified atom stereocenters. The number of phenols is 1. The summed E-state index contributed by atoms with van der Waals surface area (Å²) >= 11 is 0.